The third-order valence-corrected chi connectivity index (χ3v) is 4.17. The number of hydrogen-bond acceptors (Lipinski definition) is 2. The van der Waals surface area contributed by atoms with E-state index < -0.39 is 18.1 Å². The van der Waals surface area contributed by atoms with Crippen LogP contribution in [0.2, 0.25) is 0 Å². The van der Waals surface area contributed by atoms with Crippen LogP contribution in [0.15, 0.2) is 28.7 Å². The molecule has 1 N–H and O–H groups in total. The van der Waals surface area contributed by atoms with E-state index in [9.17, 15) is 22.8 Å². The number of nitrogens with zero attached hydrogens (tertiary/aromatic N) is 1. The second-order valence-electron chi connectivity index (χ2n) is 5.02. The van der Waals surface area contributed by atoms with E-state index >= 15 is 0 Å². The zero-order valence-corrected chi connectivity index (χ0v) is 13.1. The Bertz CT molecular complexity index is 569. The average Bonchev–Trinajstić information content (AvgIpc) is 2.47. The molecular formula is C14H14BrF3N2O2. The fraction of sp³-hybridized carbons (Fsp3) is 0.429. The van der Waals surface area contributed by atoms with Crippen molar-refractivity contribution in [1.82, 2.24) is 10.2 Å². The molecule has 0 radical (unpaired) electrons. The molecule has 1 saturated heterocycles. The number of amides is 2. The molecular weight excluding hydrogens is 365 g/mol. The molecule has 0 unspecified atom stereocenters. The Morgan fingerprint density at radius 1 is 1.18 bits per heavy atom. The van der Waals surface area contributed by atoms with Gasteiger partial charge in [-0.1, -0.05) is 12.1 Å². The number of alkyl halides is 3. The minimum atomic E-state index is -4.87. The van der Waals surface area contributed by atoms with E-state index in [2.05, 4.69) is 15.9 Å². The summed E-state index contributed by atoms with van der Waals surface area (Å²) < 4.78 is 37.3. The average molecular weight is 379 g/mol. The quantitative estimate of drug-likeness (QED) is 0.859. The summed E-state index contributed by atoms with van der Waals surface area (Å²) in [5.74, 6) is -2.10. The zero-order valence-electron chi connectivity index (χ0n) is 11.5. The minimum absolute atomic E-state index is 0.173. The summed E-state index contributed by atoms with van der Waals surface area (Å²) in [6, 6.07) is 6.42. The normalized spacial score (nSPS) is 16.5. The van der Waals surface area contributed by atoms with Crippen LogP contribution in [0.3, 0.4) is 0 Å². The lowest BCUT2D eigenvalue weighted by Crippen LogP contribution is -2.49. The fourth-order valence-electron chi connectivity index (χ4n) is 2.30. The van der Waals surface area contributed by atoms with Gasteiger partial charge in [-0.15, -0.1) is 0 Å². The van der Waals surface area contributed by atoms with Crippen LogP contribution >= 0.6 is 15.9 Å². The topological polar surface area (TPSA) is 49.4 Å². The van der Waals surface area contributed by atoms with Crippen molar-refractivity contribution in [2.45, 2.75) is 25.1 Å². The monoisotopic (exact) mass is 378 g/mol. The third-order valence-electron chi connectivity index (χ3n) is 3.48. The molecule has 0 aromatic heterocycles. The van der Waals surface area contributed by atoms with Gasteiger partial charge in [0.15, 0.2) is 0 Å². The van der Waals surface area contributed by atoms with E-state index in [0.29, 0.717) is 36.0 Å². The first-order chi connectivity index (χ1) is 10.3. The van der Waals surface area contributed by atoms with Gasteiger partial charge in [0.1, 0.15) is 0 Å². The zero-order chi connectivity index (χ0) is 16.3. The SMILES string of the molecule is O=C(c1ccccc1Br)N1CCC(NC(=O)C(F)(F)F)CC1. The Labute approximate surface area is 133 Å². The Morgan fingerprint density at radius 2 is 1.77 bits per heavy atom. The molecule has 8 heteroatoms. The number of piperidine rings is 1. The van der Waals surface area contributed by atoms with E-state index in [0.717, 1.165) is 0 Å². The maximum atomic E-state index is 12.3. The molecule has 1 aliphatic rings. The number of halogens is 4. The van der Waals surface area contributed by atoms with Crippen molar-refractivity contribution >= 4 is 27.7 Å². The molecule has 1 heterocycles. The van der Waals surface area contributed by atoms with Gasteiger partial charge in [0.05, 0.1) is 5.56 Å². The molecule has 1 aromatic rings. The van der Waals surface area contributed by atoms with Gasteiger partial charge >= 0.3 is 12.1 Å². The molecule has 2 rings (SSSR count). The molecule has 1 fully saturated rings. The predicted octanol–water partition coefficient (Wildman–Crippen LogP) is 2.73. The van der Waals surface area contributed by atoms with Crippen LogP contribution < -0.4 is 5.32 Å². The summed E-state index contributed by atoms with van der Waals surface area (Å²) in [6.07, 6.45) is -4.27. The van der Waals surface area contributed by atoms with E-state index in [-0.39, 0.29) is 5.91 Å². The number of carbonyl (C=O) groups excluding carboxylic acids is 2. The fourth-order valence-corrected chi connectivity index (χ4v) is 2.75. The van der Waals surface area contributed by atoms with Crippen LogP contribution in [0.25, 0.3) is 0 Å². The van der Waals surface area contributed by atoms with E-state index in [1.54, 1.807) is 29.2 Å². The van der Waals surface area contributed by atoms with Gasteiger partial charge < -0.3 is 10.2 Å². The van der Waals surface area contributed by atoms with Gasteiger partial charge in [0, 0.05) is 23.6 Å². The summed E-state index contributed by atoms with van der Waals surface area (Å²) in [5, 5.41) is 1.96. The molecule has 0 bridgehead atoms. The van der Waals surface area contributed by atoms with E-state index in [1.165, 1.54) is 0 Å². The van der Waals surface area contributed by atoms with Gasteiger partial charge in [-0.25, -0.2) is 0 Å². The largest absolute Gasteiger partial charge is 0.471 e. The lowest BCUT2D eigenvalue weighted by Gasteiger charge is -2.32. The highest BCUT2D eigenvalue weighted by Gasteiger charge is 2.40. The molecule has 0 atom stereocenters. The number of rotatable bonds is 2. The van der Waals surface area contributed by atoms with E-state index in [4.69, 9.17) is 0 Å². The summed E-state index contributed by atoms with van der Waals surface area (Å²) in [7, 11) is 0. The van der Waals surface area contributed by atoms with Gasteiger partial charge in [-0.3, -0.25) is 9.59 Å². The first-order valence-corrected chi connectivity index (χ1v) is 7.50. The summed E-state index contributed by atoms with van der Waals surface area (Å²) in [5.41, 5.74) is 0.514. The van der Waals surface area contributed by atoms with Gasteiger partial charge in [0.25, 0.3) is 5.91 Å². The molecule has 2 amide bonds. The summed E-state index contributed by atoms with van der Waals surface area (Å²) in [4.78, 5) is 24.8. The Hall–Kier alpha value is -1.57. The van der Waals surface area contributed by atoms with Crippen LogP contribution in [-0.4, -0.2) is 42.0 Å². The van der Waals surface area contributed by atoms with Crippen LogP contribution in [-0.2, 0) is 4.79 Å². The van der Waals surface area contributed by atoms with Crippen molar-refractivity contribution in [3.05, 3.63) is 34.3 Å². The number of likely N-dealkylation sites (tertiary alicyclic amines) is 1. The number of hydrogen-bond donors (Lipinski definition) is 1. The molecule has 0 spiro atoms. The van der Waals surface area contributed by atoms with Crippen LogP contribution in [0.4, 0.5) is 13.2 Å². The van der Waals surface area contributed by atoms with E-state index in [1.807, 2.05) is 5.32 Å². The van der Waals surface area contributed by atoms with Gasteiger partial charge in [0.2, 0.25) is 0 Å². The van der Waals surface area contributed by atoms with Crippen molar-refractivity contribution in [2.75, 3.05) is 13.1 Å². The molecule has 1 aliphatic heterocycles. The smallest absolute Gasteiger partial charge is 0.345 e. The molecule has 0 aliphatic carbocycles. The minimum Gasteiger partial charge on any atom is -0.345 e. The summed E-state index contributed by atoms with van der Waals surface area (Å²) in [6.45, 7) is 0.617. The lowest BCUT2D eigenvalue weighted by molar-refractivity contribution is -0.174. The molecule has 120 valence electrons. The number of carbonyl (C=O) groups is 2. The molecule has 4 nitrogen and oxygen atoms in total. The predicted molar refractivity (Wildman–Crippen MR) is 77.3 cm³/mol. The number of nitrogens with one attached hydrogen (secondary N) is 1. The van der Waals surface area contributed by atoms with Crippen LogP contribution in [0.5, 0.6) is 0 Å². The highest BCUT2D eigenvalue weighted by Crippen LogP contribution is 2.21. The highest BCUT2D eigenvalue weighted by atomic mass is 79.9. The van der Waals surface area contributed by atoms with Gasteiger partial charge in [-0.05, 0) is 40.9 Å². The summed E-state index contributed by atoms with van der Waals surface area (Å²) >= 11 is 3.30. The van der Waals surface area contributed by atoms with Crippen molar-refractivity contribution in [2.24, 2.45) is 0 Å². The van der Waals surface area contributed by atoms with Crippen molar-refractivity contribution in [1.29, 1.82) is 0 Å². The Morgan fingerprint density at radius 3 is 2.32 bits per heavy atom. The maximum Gasteiger partial charge on any atom is 0.471 e. The van der Waals surface area contributed by atoms with Crippen molar-refractivity contribution < 1.29 is 22.8 Å². The molecule has 0 saturated carbocycles. The first kappa shape index (κ1) is 16.8. The Balaban J connectivity index is 1.91. The molecule has 1 aromatic carbocycles. The van der Waals surface area contributed by atoms with Crippen LogP contribution in [0.1, 0.15) is 23.2 Å². The second kappa shape index (κ2) is 6.68. The second-order valence-corrected chi connectivity index (χ2v) is 5.87. The maximum absolute atomic E-state index is 12.3. The van der Waals surface area contributed by atoms with Gasteiger partial charge in [-0.2, -0.15) is 13.2 Å². The number of benzene rings is 1. The lowest BCUT2D eigenvalue weighted by atomic mass is 10.0. The standard InChI is InChI=1S/C14H14BrF3N2O2/c15-11-4-2-1-3-10(11)12(21)20-7-5-9(6-8-20)19-13(22)14(16,17)18/h1-4,9H,5-8H2,(H,19,22). The van der Waals surface area contributed by atoms with Crippen molar-refractivity contribution in [3.8, 4) is 0 Å². The van der Waals surface area contributed by atoms with Crippen LogP contribution in [0, 0.1) is 0 Å². The van der Waals surface area contributed by atoms with Crippen molar-refractivity contribution in [3.63, 3.8) is 0 Å². The highest BCUT2D eigenvalue weighted by molar-refractivity contribution is 9.10. The third kappa shape index (κ3) is 4.00. The molecule has 22 heavy (non-hydrogen) atoms. The first-order valence-electron chi connectivity index (χ1n) is 6.70. The Kier molecular flexibility index (Phi) is 5.10.